The number of nitrogens with zero attached hydrogens (tertiary/aromatic N) is 8. The maximum Gasteiger partial charge on any atom is 0.417 e. The van der Waals surface area contributed by atoms with Crippen LogP contribution in [0.1, 0.15) is 84.0 Å². The number of nitriles is 1. The van der Waals surface area contributed by atoms with Gasteiger partial charge in [0.25, 0.3) is 11.8 Å². The molecule has 1 spiro atoms. The number of halogens is 4. The van der Waals surface area contributed by atoms with Crippen molar-refractivity contribution < 1.29 is 36.7 Å². The maximum atomic E-state index is 15.8. The van der Waals surface area contributed by atoms with Gasteiger partial charge >= 0.3 is 6.18 Å². The third-order valence-electron chi connectivity index (χ3n) is 15.5. The molecule has 0 bridgehead atoms. The summed E-state index contributed by atoms with van der Waals surface area (Å²) in [6, 6.07) is 18.4. The van der Waals surface area contributed by atoms with Crippen LogP contribution < -0.4 is 20.0 Å². The van der Waals surface area contributed by atoms with Gasteiger partial charge in [0.2, 0.25) is 17.8 Å². The lowest BCUT2D eigenvalue weighted by molar-refractivity contribution is -0.137. The van der Waals surface area contributed by atoms with Crippen LogP contribution in [0.2, 0.25) is 0 Å². The van der Waals surface area contributed by atoms with Crippen molar-refractivity contribution in [2.75, 3.05) is 60.5 Å². The first-order chi connectivity index (χ1) is 32.9. The Labute approximate surface area is 395 Å². The summed E-state index contributed by atoms with van der Waals surface area (Å²) in [7, 11) is 0. The molecule has 6 aliphatic rings. The molecule has 13 nitrogen and oxygen atoms in total. The molecule has 11 rings (SSSR count). The van der Waals surface area contributed by atoms with Gasteiger partial charge in [0.05, 0.1) is 39.4 Å². The molecule has 4 saturated heterocycles. The lowest BCUT2D eigenvalue weighted by atomic mass is 9.71. The van der Waals surface area contributed by atoms with E-state index in [1.165, 1.54) is 11.0 Å². The molecular formula is C52H49F4N9O4. The maximum absolute atomic E-state index is 15.8. The van der Waals surface area contributed by atoms with Crippen LogP contribution in [-0.2, 0) is 27.7 Å². The van der Waals surface area contributed by atoms with E-state index in [1.807, 2.05) is 23.6 Å². The number of pyridine rings is 1. The number of anilines is 4. The number of allylic oxidation sites excluding steroid dienone is 1. The largest absolute Gasteiger partial charge is 0.417 e. The molecule has 6 aliphatic heterocycles. The molecule has 0 saturated carbocycles. The van der Waals surface area contributed by atoms with Gasteiger partial charge in [-0.2, -0.15) is 22.8 Å². The van der Waals surface area contributed by atoms with E-state index in [-0.39, 0.29) is 22.6 Å². The smallest absolute Gasteiger partial charge is 0.370 e. The van der Waals surface area contributed by atoms with Gasteiger partial charge in [-0.15, -0.1) is 0 Å². The summed E-state index contributed by atoms with van der Waals surface area (Å²) >= 11 is 0. The number of amides is 4. The van der Waals surface area contributed by atoms with Gasteiger partial charge in [0, 0.05) is 78.6 Å². The molecule has 8 heterocycles. The number of carbonyl (C=O) groups is 4. The van der Waals surface area contributed by atoms with E-state index in [0.717, 1.165) is 92.3 Å². The number of aryl methyl sites for hydroxylation is 1. The monoisotopic (exact) mass is 939 g/mol. The van der Waals surface area contributed by atoms with E-state index in [2.05, 4.69) is 37.6 Å². The van der Waals surface area contributed by atoms with Crippen molar-refractivity contribution in [3.63, 3.8) is 0 Å². The number of aromatic nitrogens is 2. The number of benzene rings is 3. The van der Waals surface area contributed by atoms with Crippen LogP contribution in [0.5, 0.6) is 0 Å². The molecule has 354 valence electrons. The molecule has 4 fully saturated rings. The number of fused-ring (bicyclic) bond motifs is 4. The molecule has 0 radical (unpaired) electrons. The van der Waals surface area contributed by atoms with Crippen molar-refractivity contribution in [3.05, 3.63) is 113 Å². The second kappa shape index (κ2) is 15.7. The Balaban J connectivity index is 0.694. The van der Waals surface area contributed by atoms with E-state index in [9.17, 15) is 37.6 Å². The Morgan fingerprint density at radius 1 is 0.913 bits per heavy atom. The lowest BCUT2D eigenvalue weighted by Crippen LogP contribution is -2.61. The highest BCUT2D eigenvalue weighted by atomic mass is 19.4. The Hall–Kier alpha value is -7.06. The topological polar surface area (TPSA) is 138 Å². The molecule has 69 heavy (non-hydrogen) atoms. The van der Waals surface area contributed by atoms with Crippen LogP contribution in [0.15, 0.2) is 79.0 Å². The fraction of sp³-hybridized carbons (Fsp3) is 0.385. The van der Waals surface area contributed by atoms with Crippen molar-refractivity contribution in [1.29, 1.82) is 5.26 Å². The number of hydrogen-bond acceptors (Lipinski definition) is 9. The van der Waals surface area contributed by atoms with Crippen LogP contribution in [0.4, 0.5) is 40.4 Å². The standard InChI is InChI=1S/C52H49F4N9O4/c1-5-63-41-22-33(10-11-36(41)43-44(63)48(68)65(47(43)67)40-13-6-29(2)58-46(40)66)62-27-51(28-62)16-18-60(19-17-51)24-30-25-61(26-30)42-15-12-35(45(53)59-42)31-8-14-39-38(20-31)50(3,4)49(69)64(39)34-9-7-32(23-57)37(21-34)52(54,55)56/h7-12,14-15,20-22,30,40H,2,5-6,13,16-19,24-28H2,1,3-4H3,(H,58,66). The highest BCUT2D eigenvalue weighted by Crippen LogP contribution is 2.49. The molecule has 17 heteroatoms. The van der Waals surface area contributed by atoms with Gasteiger partial charge in [-0.3, -0.25) is 29.0 Å². The highest BCUT2D eigenvalue weighted by Gasteiger charge is 2.50. The van der Waals surface area contributed by atoms with Crippen LogP contribution in [0.25, 0.3) is 22.0 Å². The molecule has 0 aliphatic carbocycles. The van der Waals surface area contributed by atoms with Gasteiger partial charge in [-0.25, -0.2) is 4.98 Å². The van der Waals surface area contributed by atoms with E-state index in [0.29, 0.717) is 64.9 Å². The number of imide groups is 1. The fourth-order valence-corrected chi connectivity index (χ4v) is 11.6. The third-order valence-corrected chi connectivity index (χ3v) is 15.5. The number of rotatable bonds is 8. The molecule has 1 N–H and O–H groups in total. The summed E-state index contributed by atoms with van der Waals surface area (Å²) in [6.07, 6.45) is -1.77. The first kappa shape index (κ1) is 44.4. The van der Waals surface area contributed by atoms with Gasteiger partial charge in [0.1, 0.15) is 17.6 Å². The Kier molecular flexibility index (Phi) is 10.1. The van der Waals surface area contributed by atoms with Gasteiger partial charge in [-0.05, 0) is 131 Å². The Morgan fingerprint density at radius 3 is 2.33 bits per heavy atom. The predicted octanol–water partition coefficient (Wildman–Crippen LogP) is 8.14. The van der Waals surface area contributed by atoms with Gasteiger partial charge < -0.3 is 24.6 Å². The van der Waals surface area contributed by atoms with Gasteiger partial charge in [-0.1, -0.05) is 12.6 Å². The lowest BCUT2D eigenvalue weighted by Gasteiger charge is -2.55. The van der Waals surface area contributed by atoms with E-state index in [4.69, 9.17) is 0 Å². The van der Waals surface area contributed by atoms with Crippen LogP contribution in [0.3, 0.4) is 0 Å². The van der Waals surface area contributed by atoms with E-state index in [1.54, 1.807) is 50.2 Å². The molecule has 1 unspecified atom stereocenters. The third kappa shape index (κ3) is 7.00. The number of nitrogens with one attached hydrogen (secondary N) is 1. The fourth-order valence-electron chi connectivity index (χ4n) is 11.6. The Morgan fingerprint density at radius 2 is 1.65 bits per heavy atom. The van der Waals surface area contributed by atoms with Crippen LogP contribution in [-0.4, -0.2) is 94.8 Å². The van der Waals surface area contributed by atoms with Crippen molar-refractivity contribution in [1.82, 2.24) is 24.7 Å². The minimum absolute atomic E-state index is 0.0140. The molecule has 1 atom stereocenters. The molecule has 3 aromatic carbocycles. The van der Waals surface area contributed by atoms with E-state index < -0.39 is 52.4 Å². The van der Waals surface area contributed by atoms with Gasteiger partial charge in [0.15, 0.2) is 0 Å². The molecule has 4 amide bonds. The van der Waals surface area contributed by atoms with E-state index >= 15 is 4.39 Å². The van der Waals surface area contributed by atoms with Crippen molar-refractivity contribution >= 4 is 57.4 Å². The second-order valence-electron chi connectivity index (χ2n) is 20.1. The number of hydrogen-bond donors (Lipinski definition) is 1. The average molecular weight is 940 g/mol. The number of likely N-dealkylation sites (tertiary alicyclic amines) is 1. The summed E-state index contributed by atoms with van der Waals surface area (Å²) in [5.74, 6) is -1.38. The minimum Gasteiger partial charge on any atom is -0.370 e. The molecule has 5 aromatic rings. The first-order valence-corrected chi connectivity index (χ1v) is 23.4. The number of alkyl halides is 3. The summed E-state index contributed by atoms with van der Waals surface area (Å²) < 4.78 is 59.2. The normalized spacial score (nSPS) is 21.2. The minimum atomic E-state index is -4.79. The predicted molar refractivity (Wildman–Crippen MR) is 250 cm³/mol. The highest BCUT2D eigenvalue weighted by molar-refractivity contribution is 6.28. The van der Waals surface area contributed by atoms with Crippen LogP contribution in [0, 0.1) is 28.6 Å². The second-order valence-corrected chi connectivity index (χ2v) is 20.1. The van der Waals surface area contributed by atoms with Crippen LogP contribution >= 0.6 is 0 Å². The Bertz CT molecular complexity index is 3110. The summed E-state index contributed by atoms with van der Waals surface area (Å²) in [5.41, 5.74) is 2.28. The zero-order valence-corrected chi connectivity index (χ0v) is 38.4. The SMILES string of the molecule is C=C1CCC(N2C(=O)c3c(n(CC)c4cc(N5CC6(CCN(CC7CN(c8ccc(-c9ccc%10c(c9)C(C)(C)C(=O)N%10c9ccc(C#N)c(C(F)(F)F)c9)c(F)n8)C7)CC6)C5)ccc34)C2=O)C(=O)N1. The molecular weight excluding hydrogens is 891 g/mol. The first-order valence-electron chi connectivity index (χ1n) is 23.4. The summed E-state index contributed by atoms with van der Waals surface area (Å²) in [5, 5.41) is 12.7. The van der Waals surface area contributed by atoms with Crippen molar-refractivity contribution in [3.8, 4) is 17.2 Å². The summed E-state index contributed by atoms with van der Waals surface area (Å²) in [4.78, 5) is 67.7. The number of carbonyl (C=O) groups excluding carboxylic acids is 4. The zero-order valence-electron chi connectivity index (χ0n) is 38.4. The quantitative estimate of drug-likeness (QED) is 0.0929. The zero-order chi connectivity index (χ0) is 48.5. The summed E-state index contributed by atoms with van der Waals surface area (Å²) in [6.45, 7) is 15.9. The molecule has 2 aromatic heterocycles. The number of piperidine rings is 2. The van der Waals surface area contributed by atoms with Crippen molar-refractivity contribution in [2.45, 2.75) is 70.6 Å². The average Bonchev–Trinajstić information content (AvgIpc) is 3.83. The van der Waals surface area contributed by atoms with Crippen molar-refractivity contribution in [2.24, 2.45) is 11.3 Å².